The fraction of sp³-hybridized carbons (Fsp3) is 0.385. The van der Waals surface area contributed by atoms with Gasteiger partial charge in [-0.25, -0.2) is 9.59 Å². The maximum atomic E-state index is 11.9. The number of carboxylic acids is 1. The summed E-state index contributed by atoms with van der Waals surface area (Å²) in [5, 5.41) is 11.1. The second kappa shape index (κ2) is 6.19. The molecule has 1 aromatic carbocycles. The Kier molecular flexibility index (Phi) is 4.35. The maximum Gasteiger partial charge on any atom is 0.329 e. The number of hydrogen-bond donors (Lipinski definition) is 2. The average molecular weight is 264 g/mol. The van der Waals surface area contributed by atoms with Crippen molar-refractivity contribution in [3.63, 3.8) is 0 Å². The number of urea groups is 1. The quantitative estimate of drug-likeness (QED) is 0.773. The van der Waals surface area contributed by atoms with E-state index in [-0.39, 0.29) is 19.2 Å². The van der Waals surface area contributed by atoms with Gasteiger partial charge in [-0.15, -0.1) is 0 Å². The molecule has 0 aliphatic carbocycles. The number of benzene rings is 1. The third-order valence-electron chi connectivity index (χ3n) is 2.88. The number of ether oxygens (including phenoxy) is 1. The van der Waals surface area contributed by atoms with Crippen molar-refractivity contribution in [3.05, 3.63) is 29.8 Å². The van der Waals surface area contributed by atoms with Gasteiger partial charge >= 0.3 is 12.0 Å². The molecular formula is C13H16N2O4. The Hall–Kier alpha value is -2.08. The van der Waals surface area contributed by atoms with Crippen LogP contribution in [0.4, 0.5) is 10.5 Å². The molecule has 2 amide bonds. The molecule has 0 fully saturated rings. The van der Waals surface area contributed by atoms with Gasteiger partial charge < -0.3 is 15.2 Å². The minimum atomic E-state index is -1.01. The van der Waals surface area contributed by atoms with Crippen molar-refractivity contribution in [3.8, 4) is 0 Å². The van der Waals surface area contributed by atoms with Crippen LogP contribution in [0.1, 0.15) is 5.56 Å². The highest BCUT2D eigenvalue weighted by atomic mass is 16.5. The van der Waals surface area contributed by atoms with Crippen molar-refractivity contribution in [1.82, 2.24) is 5.32 Å². The molecule has 1 aliphatic rings. The molecule has 0 saturated carbocycles. The number of carboxylic acid groups (broad SMARTS) is 1. The molecule has 1 aliphatic heterocycles. The molecule has 0 spiro atoms. The Bertz CT molecular complexity index is 475. The van der Waals surface area contributed by atoms with Crippen LogP contribution < -0.4 is 10.2 Å². The van der Waals surface area contributed by atoms with Crippen molar-refractivity contribution in [2.45, 2.75) is 6.42 Å². The number of para-hydroxylation sites is 1. The van der Waals surface area contributed by atoms with Gasteiger partial charge in [0, 0.05) is 18.8 Å². The number of nitrogens with one attached hydrogen (secondary N) is 1. The number of amides is 2. The lowest BCUT2D eigenvalue weighted by Crippen LogP contribution is -2.40. The second-order valence-corrected chi connectivity index (χ2v) is 4.21. The highest BCUT2D eigenvalue weighted by Gasteiger charge is 2.23. The van der Waals surface area contributed by atoms with E-state index in [4.69, 9.17) is 9.84 Å². The summed E-state index contributed by atoms with van der Waals surface area (Å²) in [5.74, 6) is -1.01. The normalized spacial score (nSPS) is 13.2. The van der Waals surface area contributed by atoms with Crippen molar-refractivity contribution in [1.29, 1.82) is 0 Å². The monoisotopic (exact) mass is 264 g/mol. The molecule has 2 rings (SSSR count). The summed E-state index contributed by atoms with van der Waals surface area (Å²) < 4.78 is 4.84. The number of anilines is 1. The lowest BCUT2D eigenvalue weighted by molar-refractivity contribution is -0.142. The van der Waals surface area contributed by atoms with Gasteiger partial charge in [-0.2, -0.15) is 0 Å². The van der Waals surface area contributed by atoms with Gasteiger partial charge in [0.15, 0.2) is 0 Å². The number of carbonyl (C=O) groups excluding carboxylic acids is 1. The third-order valence-corrected chi connectivity index (χ3v) is 2.88. The van der Waals surface area contributed by atoms with Crippen LogP contribution in [0.3, 0.4) is 0 Å². The van der Waals surface area contributed by atoms with Crippen LogP contribution in [-0.2, 0) is 16.0 Å². The van der Waals surface area contributed by atoms with Crippen LogP contribution in [0.5, 0.6) is 0 Å². The van der Waals surface area contributed by atoms with Crippen LogP contribution in [-0.4, -0.2) is 43.4 Å². The Morgan fingerprint density at radius 2 is 2.16 bits per heavy atom. The van der Waals surface area contributed by atoms with Gasteiger partial charge in [0.1, 0.15) is 6.61 Å². The summed E-state index contributed by atoms with van der Waals surface area (Å²) in [7, 11) is 0. The summed E-state index contributed by atoms with van der Waals surface area (Å²) in [5.41, 5.74) is 2.10. The lowest BCUT2D eigenvalue weighted by atomic mass is 10.2. The summed E-state index contributed by atoms with van der Waals surface area (Å²) in [6.07, 6.45) is 0.860. The van der Waals surface area contributed by atoms with E-state index in [0.29, 0.717) is 13.1 Å². The number of aliphatic carboxylic acids is 1. The molecule has 1 aromatic rings. The van der Waals surface area contributed by atoms with Gasteiger partial charge in [0.25, 0.3) is 0 Å². The van der Waals surface area contributed by atoms with Gasteiger partial charge in [0.2, 0.25) is 0 Å². The standard InChI is InChI=1S/C13H16N2O4/c16-12(17)9-19-8-6-14-13(18)15-7-5-10-3-1-2-4-11(10)15/h1-4H,5-9H2,(H,14,18)(H,16,17). The van der Waals surface area contributed by atoms with Gasteiger partial charge in [-0.05, 0) is 18.1 Å². The molecule has 102 valence electrons. The molecule has 6 nitrogen and oxygen atoms in total. The topological polar surface area (TPSA) is 78.9 Å². The van der Waals surface area contributed by atoms with Crippen molar-refractivity contribution >= 4 is 17.7 Å². The Balaban J connectivity index is 1.77. The molecular weight excluding hydrogens is 248 g/mol. The predicted octanol–water partition coefficient (Wildman–Crippen LogP) is 0.860. The fourth-order valence-corrected chi connectivity index (χ4v) is 2.03. The zero-order valence-electron chi connectivity index (χ0n) is 10.5. The number of rotatable bonds is 5. The van der Waals surface area contributed by atoms with Crippen LogP contribution in [0.25, 0.3) is 0 Å². The van der Waals surface area contributed by atoms with Crippen molar-refractivity contribution < 1.29 is 19.4 Å². The van der Waals surface area contributed by atoms with Gasteiger partial charge in [-0.1, -0.05) is 18.2 Å². The Morgan fingerprint density at radius 3 is 2.95 bits per heavy atom. The van der Waals surface area contributed by atoms with Crippen LogP contribution >= 0.6 is 0 Å². The molecule has 0 saturated heterocycles. The largest absolute Gasteiger partial charge is 0.480 e. The average Bonchev–Trinajstić information content (AvgIpc) is 2.81. The van der Waals surface area contributed by atoms with E-state index in [1.54, 1.807) is 4.90 Å². The Morgan fingerprint density at radius 1 is 1.37 bits per heavy atom. The maximum absolute atomic E-state index is 11.9. The Labute approximate surface area is 111 Å². The number of hydrogen-bond acceptors (Lipinski definition) is 3. The minimum Gasteiger partial charge on any atom is -0.480 e. The first kappa shape index (κ1) is 13.4. The number of nitrogens with zero attached hydrogens (tertiary/aromatic N) is 1. The molecule has 0 radical (unpaired) electrons. The van der Waals surface area contributed by atoms with E-state index in [1.807, 2.05) is 24.3 Å². The highest BCUT2D eigenvalue weighted by Crippen LogP contribution is 2.27. The van der Waals surface area contributed by atoms with Gasteiger partial charge in [-0.3, -0.25) is 4.90 Å². The van der Waals surface area contributed by atoms with Crippen LogP contribution in [0.2, 0.25) is 0 Å². The molecule has 6 heteroatoms. The first-order valence-corrected chi connectivity index (χ1v) is 6.11. The molecule has 0 atom stereocenters. The first-order chi connectivity index (χ1) is 9.18. The first-order valence-electron chi connectivity index (χ1n) is 6.11. The highest BCUT2D eigenvalue weighted by molar-refractivity contribution is 5.94. The van der Waals surface area contributed by atoms with E-state index in [9.17, 15) is 9.59 Å². The van der Waals surface area contributed by atoms with Crippen molar-refractivity contribution in [2.75, 3.05) is 31.2 Å². The van der Waals surface area contributed by atoms with E-state index in [0.717, 1.165) is 12.1 Å². The summed E-state index contributed by atoms with van der Waals surface area (Å²) in [4.78, 5) is 23.9. The molecule has 2 N–H and O–H groups in total. The summed E-state index contributed by atoms with van der Waals surface area (Å²) in [6, 6.07) is 7.62. The van der Waals surface area contributed by atoms with E-state index in [1.165, 1.54) is 5.56 Å². The summed E-state index contributed by atoms with van der Waals surface area (Å²) in [6.45, 7) is 0.807. The lowest BCUT2D eigenvalue weighted by Gasteiger charge is -2.17. The zero-order valence-corrected chi connectivity index (χ0v) is 10.5. The van der Waals surface area contributed by atoms with Crippen molar-refractivity contribution in [2.24, 2.45) is 0 Å². The SMILES string of the molecule is O=C(O)COCCNC(=O)N1CCc2ccccc21. The fourth-order valence-electron chi connectivity index (χ4n) is 2.03. The van der Waals surface area contributed by atoms with Crippen LogP contribution in [0.15, 0.2) is 24.3 Å². The smallest absolute Gasteiger partial charge is 0.329 e. The van der Waals surface area contributed by atoms with E-state index < -0.39 is 5.97 Å². The molecule has 1 heterocycles. The van der Waals surface area contributed by atoms with E-state index in [2.05, 4.69) is 5.32 Å². The predicted molar refractivity (Wildman–Crippen MR) is 69.3 cm³/mol. The minimum absolute atomic E-state index is 0.177. The number of fused-ring (bicyclic) bond motifs is 1. The summed E-state index contributed by atoms with van der Waals surface area (Å²) >= 11 is 0. The zero-order chi connectivity index (χ0) is 13.7. The number of carbonyl (C=O) groups is 2. The van der Waals surface area contributed by atoms with Crippen LogP contribution in [0, 0.1) is 0 Å². The molecule has 0 bridgehead atoms. The third kappa shape index (κ3) is 3.45. The second-order valence-electron chi connectivity index (χ2n) is 4.21. The van der Waals surface area contributed by atoms with Gasteiger partial charge in [0.05, 0.1) is 6.61 Å². The molecule has 0 aromatic heterocycles. The molecule has 0 unspecified atom stereocenters. The van der Waals surface area contributed by atoms with E-state index >= 15 is 0 Å². The molecule has 19 heavy (non-hydrogen) atoms.